The molecule has 15 heavy (non-hydrogen) atoms. The van der Waals surface area contributed by atoms with Crippen LogP contribution < -0.4 is 5.32 Å². The zero-order valence-electron chi connectivity index (χ0n) is 7.89. The molecule has 0 saturated heterocycles. The number of amides is 1. The number of halogens is 2. The van der Waals surface area contributed by atoms with Gasteiger partial charge in [-0.05, 0) is 18.2 Å². The highest BCUT2D eigenvalue weighted by atomic mass is 19.1. The van der Waals surface area contributed by atoms with Crippen LogP contribution in [-0.4, -0.2) is 5.91 Å². The van der Waals surface area contributed by atoms with Crippen molar-refractivity contribution in [1.29, 1.82) is 0 Å². The molecule has 1 aromatic carbocycles. The number of allylic oxidation sites excluding steroid dienone is 1. The first kappa shape index (κ1) is 11.1. The summed E-state index contributed by atoms with van der Waals surface area (Å²) < 4.78 is 26.2. The molecule has 1 aromatic rings. The van der Waals surface area contributed by atoms with Crippen molar-refractivity contribution in [2.75, 3.05) is 0 Å². The van der Waals surface area contributed by atoms with Gasteiger partial charge in [0.1, 0.15) is 17.2 Å². The Kier molecular flexibility index (Phi) is 3.33. The van der Waals surface area contributed by atoms with E-state index in [0.29, 0.717) is 0 Å². The van der Waals surface area contributed by atoms with Crippen LogP contribution in [0.4, 0.5) is 8.78 Å². The molecule has 1 N–H and O–H groups in total. The first-order valence-corrected chi connectivity index (χ1v) is 4.13. The van der Waals surface area contributed by atoms with Gasteiger partial charge in [0.15, 0.2) is 0 Å². The molecule has 1 amide bonds. The van der Waals surface area contributed by atoms with Gasteiger partial charge in [0, 0.05) is 5.70 Å². The number of carbonyl (C=O) groups excluding carboxylic acids is 1. The Bertz CT molecular complexity index is 406. The lowest BCUT2D eigenvalue weighted by Crippen LogP contribution is -2.23. The van der Waals surface area contributed by atoms with E-state index in [9.17, 15) is 13.6 Å². The Morgan fingerprint density at radius 2 is 1.87 bits per heavy atom. The smallest absolute Gasteiger partial charge is 0.261 e. The summed E-state index contributed by atoms with van der Waals surface area (Å²) in [5.74, 6) is -2.70. The number of hydrogen-bond acceptors (Lipinski definition) is 1. The van der Waals surface area contributed by atoms with Gasteiger partial charge in [-0.15, -0.1) is 0 Å². The van der Waals surface area contributed by atoms with Crippen LogP contribution in [0, 0.1) is 11.6 Å². The van der Waals surface area contributed by atoms with Crippen molar-refractivity contribution in [2.24, 2.45) is 0 Å². The topological polar surface area (TPSA) is 29.1 Å². The fourth-order valence-electron chi connectivity index (χ4n) is 0.974. The predicted molar refractivity (Wildman–Crippen MR) is 53.2 cm³/mol. The molecule has 0 atom stereocenters. The maximum atomic E-state index is 13.1. The van der Waals surface area contributed by atoms with Gasteiger partial charge >= 0.3 is 0 Å². The molecule has 0 aromatic heterocycles. The average Bonchev–Trinajstić information content (AvgIpc) is 2.17. The highest BCUT2D eigenvalue weighted by Crippen LogP contribution is 2.12. The molecule has 0 radical (unpaired) electrons. The second-order valence-electron chi connectivity index (χ2n) is 2.78. The highest BCUT2D eigenvalue weighted by Gasteiger charge is 2.16. The van der Waals surface area contributed by atoms with Crippen LogP contribution in [0.3, 0.4) is 0 Å². The molecule has 0 saturated carbocycles. The minimum absolute atomic E-state index is 0.183. The summed E-state index contributed by atoms with van der Waals surface area (Å²) in [4.78, 5) is 11.4. The fraction of sp³-hybridized carbons (Fsp3) is 0. The van der Waals surface area contributed by atoms with Gasteiger partial charge in [0.2, 0.25) is 0 Å². The molecule has 4 heteroatoms. The van der Waals surface area contributed by atoms with Crippen molar-refractivity contribution in [3.63, 3.8) is 0 Å². The van der Waals surface area contributed by atoms with E-state index in [2.05, 4.69) is 18.5 Å². The van der Waals surface area contributed by atoms with Gasteiger partial charge in [-0.3, -0.25) is 4.79 Å². The third kappa shape index (κ3) is 2.49. The van der Waals surface area contributed by atoms with E-state index >= 15 is 0 Å². The Hall–Kier alpha value is -1.97. The lowest BCUT2D eigenvalue weighted by molar-refractivity contribution is 0.0959. The summed E-state index contributed by atoms with van der Waals surface area (Å²) >= 11 is 0. The summed E-state index contributed by atoms with van der Waals surface area (Å²) in [6, 6.07) is 3.20. The molecule has 2 nitrogen and oxygen atoms in total. The van der Waals surface area contributed by atoms with E-state index in [1.54, 1.807) is 0 Å². The van der Waals surface area contributed by atoms with Crippen LogP contribution in [0.5, 0.6) is 0 Å². The zero-order chi connectivity index (χ0) is 11.4. The highest BCUT2D eigenvalue weighted by molar-refractivity contribution is 5.96. The second kappa shape index (κ2) is 4.50. The average molecular weight is 209 g/mol. The van der Waals surface area contributed by atoms with Crippen LogP contribution in [0.1, 0.15) is 10.4 Å². The Morgan fingerprint density at radius 3 is 2.33 bits per heavy atom. The monoisotopic (exact) mass is 209 g/mol. The summed E-state index contributed by atoms with van der Waals surface area (Å²) in [5, 5.41) is 2.20. The van der Waals surface area contributed by atoms with Gasteiger partial charge < -0.3 is 5.32 Å². The summed E-state index contributed by atoms with van der Waals surface area (Å²) in [5.41, 5.74) is -0.442. The molecular weight excluding hydrogens is 200 g/mol. The predicted octanol–water partition coefficient (Wildman–Crippen LogP) is 2.39. The second-order valence-corrected chi connectivity index (χ2v) is 2.78. The molecule has 1 rings (SSSR count). The van der Waals surface area contributed by atoms with Gasteiger partial charge in [0.25, 0.3) is 5.91 Å². The lowest BCUT2D eigenvalue weighted by Gasteiger charge is -2.05. The summed E-state index contributed by atoms with van der Waals surface area (Å²) in [6.45, 7) is 6.75. The van der Waals surface area contributed by atoms with E-state index in [1.807, 2.05) is 0 Å². The van der Waals surface area contributed by atoms with Crippen molar-refractivity contribution in [3.05, 3.63) is 60.3 Å². The number of rotatable bonds is 3. The fourth-order valence-corrected chi connectivity index (χ4v) is 0.974. The van der Waals surface area contributed by atoms with E-state index in [4.69, 9.17) is 0 Å². The first-order chi connectivity index (χ1) is 7.06. The quantitative estimate of drug-likeness (QED) is 0.761. The number of carbonyl (C=O) groups is 1. The Morgan fingerprint density at radius 1 is 1.33 bits per heavy atom. The van der Waals surface area contributed by atoms with Crippen molar-refractivity contribution in [1.82, 2.24) is 5.32 Å². The molecule has 78 valence electrons. The summed E-state index contributed by atoms with van der Waals surface area (Å²) in [6.07, 6.45) is 1.27. The standard InChI is InChI=1S/C11H9F2NO/c1-3-7(2)14-11(15)10-8(12)5-4-6-9(10)13/h3-6H,1-2H2,(H,14,15). The van der Waals surface area contributed by atoms with E-state index in [1.165, 1.54) is 12.1 Å². The lowest BCUT2D eigenvalue weighted by atomic mass is 10.2. The van der Waals surface area contributed by atoms with Crippen molar-refractivity contribution >= 4 is 5.91 Å². The minimum Gasteiger partial charge on any atom is -0.322 e. The van der Waals surface area contributed by atoms with E-state index < -0.39 is 23.1 Å². The number of nitrogens with one attached hydrogen (secondary N) is 1. The van der Waals surface area contributed by atoms with Gasteiger partial charge in [0.05, 0.1) is 0 Å². The Labute approximate surface area is 85.9 Å². The minimum atomic E-state index is -0.913. The maximum absolute atomic E-state index is 13.1. The third-order valence-corrected chi connectivity index (χ3v) is 1.71. The SMILES string of the molecule is C=CC(=C)NC(=O)c1c(F)cccc1F. The molecule has 0 aliphatic heterocycles. The van der Waals surface area contributed by atoms with Crippen LogP contribution in [0.2, 0.25) is 0 Å². The summed E-state index contributed by atoms with van der Waals surface area (Å²) in [7, 11) is 0. The van der Waals surface area contributed by atoms with Gasteiger partial charge in [-0.1, -0.05) is 19.2 Å². The normalized spacial score (nSPS) is 9.47. The third-order valence-electron chi connectivity index (χ3n) is 1.71. The van der Waals surface area contributed by atoms with Crippen LogP contribution >= 0.6 is 0 Å². The molecule has 0 heterocycles. The van der Waals surface area contributed by atoms with E-state index in [0.717, 1.165) is 12.1 Å². The van der Waals surface area contributed by atoms with Crippen LogP contribution in [0.25, 0.3) is 0 Å². The largest absolute Gasteiger partial charge is 0.322 e. The molecular formula is C11H9F2NO. The first-order valence-electron chi connectivity index (χ1n) is 4.13. The van der Waals surface area contributed by atoms with Crippen molar-refractivity contribution < 1.29 is 13.6 Å². The van der Waals surface area contributed by atoms with E-state index in [-0.39, 0.29) is 5.70 Å². The molecule has 0 aliphatic carbocycles. The maximum Gasteiger partial charge on any atom is 0.261 e. The van der Waals surface area contributed by atoms with Crippen molar-refractivity contribution in [2.45, 2.75) is 0 Å². The Balaban J connectivity index is 3.01. The number of hydrogen-bond donors (Lipinski definition) is 1. The van der Waals surface area contributed by atoms with Gasteiger partial charge in [-0.25, -0.2) is 8.78 Å². The zero-order valence-corrected chi connectivity index (χ0v) is 7.89. The molecule has 0 fully saturated rings. The molecule has 0 unspecified atom stereocenters. The molecule has 0 bridgehead atoms. The molecule has 0 spiro atoms. The number of benzene rings is 1. The van der Waals surface area contributed by atoms with Crippen LogP contribution in [-0.2, 0) is 0 Å². The van der Waals surface area contributed by atoms with Crippen LogP contribution in [0.15, 0.2) is 43.1 Å². The van der Waals surface area contributed by atoms with Gasteiger partial charge in [-0.2, -0.15) is 0 Å². The van der Waals surface area contributed by atoms with Crippen molar-refractivity contribution in [3.8, 4) is 0 Å². The molecule has 0 aliphatic rings.